The van der Waals surface area contributed by atoms with Crippen LogP contribution in [0.25, 0.3) is 16.9 Å². The van der Waals surface area contributed by atoms with Crippen LogP contribution in [0.15, 0.2) is 36.7 Å². The maximum absolute atomic E-state index is 5.42. The quantitative estimate of drug-likeness (QED) is 0.400. The van der Waals surface area contributed by atoms with Gasteiger partial charge in [-0.05, 0) is 62.8 Å². The summed E-state index contributed by atoms with van der Waals surface area (Å²) in [5, 5.41) is 4.53. The van der Waals surface area contributed by atoms with Crippen molar-refractivity contribution in [2.24, 2.45) is 5.92 Å². The number of aromatic nitrogens is 6. The molecule has 1 atom stereocenters. The summed E-state index contributed by atoms with van der Waals surface area (Å²) in [4.78, 5) is 23.2. The van der Waals surface area contributed by atoms with E-state index < -0.39 is 0 Å². The van der Waals surface area contributed by atoms with Gasteiger partial charge < -0.3 is 9.64 Å². The summed E-state index contributed by atoms with van der Waals surface area (Å²) in [6.45, 7) is 12.5. The highest BCUT2D eigenvalue weighted by atomic mass is 16.5. The van der Waals surface area contributed by atoms with E-state index >= 15 is 0 Å². The second-order valence-electron chi connectivity index (χ2n) is 10.3. The molecule has 2 aliphatic rings. The molecule has 0 saturated carbocycles. The molecule has 2 aliphatic heterocycles. The van der Waals surface area contributed by atoms with Crippen molar-refractivity contribution in [3.8, 4) is 11.1 Å². The zero-order valence-electron chi connectivity index (χ0n) is 21.9. The van der Waals surface area contributed by atoms with Crippen LogP contribution in [0.2, 0.25) is 0 Å². The molecule has 0 bridgehead atoms. The molecule has 4 aromatic rings. The molecule has 37 heavy (non-hydrogen) atoms. The number of ether oxygens (including phenoxy) is 1. The summed E-state index contributed by atoms with van der Waals surface area (Å²) in [5.74, 6) is 2.91. The van der Waals surface area contributed by atoms with E-state index in [1.54, 1.807) is 0 Å². The summed E-state index contributed by atoms with van der Waals surface area (Å²) in [5.41, 5.74) is 6.99. The minimum absolute atomic E-state index is 0.591. The van der Waals surface area contributed by atoms with Crippen LogP contribution in [0.4, 0.5) is 5.69 Å². The van der Waals surface area contributed by atoms with Crippen LogP contribution in [-0.4, -0.2) is 73.8 Å². The van der Waals surface area contributed by atoms with Gasteiger partial charge >= 0.3 is 0 Å². The van der Waals surface area contributed by atoms with Crippen LogP contribution >= 0.6 is 0 Å². The van der Waals surface area contributed by atoms with Gasteiger partial charge in [-0.3, -0.25) is 4.90 Å². The molecule has 1 aromatic carbocycles. The van der Waals surface area contributed by atoms with Gasteiger partial charge in [0.25, 0.3) is 5.78 Å². The fraction of sp³-hybridized carbons (Fsp3) is 0.464. The Morgan fingerprint density at radius 1 is 0.919 bits per heavy atom. The van der Waals surface area contributed by atoms with Gasteiger partial charge in [0.2, 0.25) is 0 Å². The number of morpholine rings is 1. The molecule has 192 valence electrons. The predicted molar refractivity (Wildman–Crippen MR) is 143 cm³/mol. The highest BCUT2D eigenvalue weighted by molar-refractivity contribution is 5.65. The Balaban J connectivity index is 1.09. The fourth-order valence-corrected chi connectivity index (χ4v) is 5.54. The average molecular weight is 499 g/mol. The highest BCUT2D eigenvalue weighted by Gasteiger charge is 2.25. The molecule has 9 heteroatoms. The van der Waals surface area contributed by atoms with Crippen molar-refractivity contribution in [1.29, 1.82) is 0 Å². The number of benzene rings is 1. The first-order valence-corrected chi connectivity index (χ1v) is 13.2. The summed E-state index contributed by atoms with van der Waals surface area (Å²) in [6.07, 6.45) is 6.07. The lowest BCUT2D eigenvalue weighted by Gasteiger charge is -2.25. The van der Waals surface area contributed by atoms with Crippen molar-refractivity contribution in [2.75, 3.05) is 44.3 Å². The van der Waals surface area contributed by atoms with Crippen molar-refractivity contribution in [3.05, 3.63) is 65.3 Å². The van der Waals surface area contributed by atoms with Gasteiger partial charge in [0, 0.05) is 61.2 Å². The van der Waals surface area contributed by atoms with E-state index in [4.69, 9.17) is 9.72 Å². The minimum atomic E-state index is 0.591. The van der Waals surface area contributed by atoms with Gasteiger partial charge in [0.1, 0.15) is 11.6 Å². The summed E-state index contributed by atoms with van der Waals surface area (Å²) < 4.78 is 7.31. The van der Waals surface area contributed by atoms with Gasteiger partial charge in [-0.25, -0.2) is 19.5 Å². The van der Waals surface area contributed by atoms with Crippen LogP contribution in [0, 0.1) is 26.7 Å². The van der Waals surface area contributed by atoms with Gasteiger partial charge in [-0.1, -0.05) is 12.1 Å². The molecular formula is C28H34N8O. The molecule has 0 N–H and O–H groups in total. The van der Waals surface area contributed by atoms with E-state index in [2.05, 4.69) is 68.0 Å². The first kappa shape index (κ1) is 23.9. The summed E-state index contributed by atoms with van der Waals surface area (Å²) >= 11 is 0. The third kappa shape index (κ3) is 5.06. The van der Waals surface area contributed by atoms with E-state index in [0.29, 0.717) is 11.7 Å². The average Bonchev–Trinajstić information content (AvgIpc) is 3.54. The number of fused-ring (bicyclic) bond motifs is 1. The zero-order valence-corrected chi connectivity index (χ0v) is 21.9. The maximum atomic E-state index is 5.42. The van der Waals surface area contributed by atoms with Crippen molar-refractivity contribution < 1.29 is 4.74 Å². The van der Waals surface area contributed by atoms with E-state index in [1.807, 2.05) is 23.8 Å². The van der Waals surface area contributed by atoms with Crippen LogP contribution in [0.5, 0.6) is 0 Å². The molecule has 9 nitrogen and oxygen atoms in total. The Morgan fingerprint density at radius 2 is 1.68 bits per heavy atom. The Hall–Kier alpha value is -3.43. The number of nitrogens with zero attached hydrogens (tertiary/aromatic N) is 8. The molecule has 5 heterocycles. The van der Waals surface area contributed by atoms with Crippen molar-refractivity contribution in [2.45, 2.75) is 40.2 Å². The molecule has 2 fully saturated rings. The summed E-state index contributed by atoms with van der Waals surface area (Å²) in [7, 11) is 0. The van der Waals surface area contributed by atoms with Gasteiger partial charge in [-0.2, -0.15) is 10.1 Å². The topological polar surface area (TPSA) is 84.6 Å². The summed E-state index contributed by atoms with van der Waals surface area (Å²) in [6, 6.07) is 8.81. The normalized spacial score (nSPS) is 18.7. The number of aryl methyl sites for hydroxylation is 3. The molecule has 2 saturated heterocycles. The van der Waals surface area contributed by atoms with Crippen molar-refractivity contribution in [1.82, 2.24) is 34.4 Å². The Kier molecular flexibility index (Phi) is 6.56. The maximum Gasteiger partial charge on any atom is 0.252 e. The van der Waals surface area contributed by atoms with Gasteiger partial charge in [0.15, 0.2) is 0 Å². The third-order valence-electron chi connectivity index (χ3n) is 7.67. The molecule has 1 unspecified atom stereocenters. The predicted octanol–water partition coefficient (Wildman–Crippen LogP) is 3.41. The number of hydrogen-bond donors (Lipinski definition) is 0. The van der Waals surface area contributed by atoms with Gasteiger partial charge in [0.05, 0.1) is 19.8 Å². The second kappa shape index (κ2) is 10.1. The van der Waals surface area contributed by atoms with Crippen molar-refractivity contribution >= 4 is 11.5 Å². The first-order valence-electron chi connectivity index (χ1n) is 13.2. The van der Waals surface area contributed by atoms with Crippen LogP contribution in [0.1, 0.15) is 35.0 Å². The van der Waals surface area contributed by atoms with E-state index in [0.717, 1.165) is 86.5 Å². The van der Waals surface area contributed by atoms with Crippen LogP contribution in [-0.2, 0) is 17.7 Å². The minimum Gasteiger partial charge on any atom is -0.379 e. The second-order valence-corrected chi connectivity index (χ2v) is 10.3. The largest absolute Gasteiger partial charge is 0.379 e. The molecule has 6 rings (SSSR count). The molecule has 0 aliphatic carbocycles. The molecule has 3 aromatic heterocycles. The lowest BCUT2D eigenvalue weighted by molar-refractivity contribution is 0.0330. The highest BCUT2D eigenvalue weighted by Crippen LogP contribution is 2.29. The standard InChI is InChI=1S/C28H34N8O/c1-19-26(20(2)36-28(31-19)32-21(3)33-36)14-22-8-9-35(17-22)25-6-4-23(5-7-25)24-15-29-27(30-16-24)18-34-10-12-37-13-11-34/h4-7,15-16,22H,8-14,17-18H2,1-3H3. The fourth-order valence-electron chi connectivity index (χ4n) is 5.54. The number of rotatable bonds is 6. The lowest BCUT2D eigenvalue weighted by atomic mass is 9.96. The van der Waals surface area contributed by atoms with Gasteiger partial charge in [-0.15, -0.1) is 0 Å². The third-order valence-corrected chi connectivity index (χ3v) is 7.67. The van der Waals surface area contributed by atoms with Crippen LogP contribution < -0.4 is 4.90 Å². The number of hydrogen-bond acceptors (Lipinski definition) is 8. The van der Waals surface area contributed by atoms with E-state index in [-0.39, 0.29) is 0 Å². The number of anilines is 1. The first-order chi connectivity index (χ1) is 18.0. The monoisotopic (exact) mass is 498 g/mol. The smallest absolute Gasteiger partial charge is 0.252 e. The molecule has 0 amide bonds. The lowest BCUT2D eigenvalue weighted by Crippen LogP contribution is -2.36. The Morgan fingerprint density at radius 3 is 2.43 bits per heavy atom. The zero-order chi connectivity index (χ0) is 25.4. The molecule has 0 spiro atoms. The molecule has 0 radical (unpaired) electrons. The van der Waals surface area contributed by atoms with E-state index in [1.165, 1.54) is 17.7 Å². The molecular weight excluding hydrogens is 464 g/mol. The van der Waals surface area contributed by atoms with Crippen molar-refractivity contribution in [3.63, 3.8) is 0 Å². The Bertz CT molecular complexity index is 1380. The Labute approximate surface area is 217 Å². The van der Waals surface area contributed by atoms with E-state index in [9.17, 15) is 0 Å². The van der Waals surface area contributed by atoms with Crippen LogP contribution in [0.3, 0.4) is 0 Å². The SMILES string of the molecule is Cc1nc2nc(C)c(CC3CCN(c4ccc(-c5cnc(CN6CCOCC6)nc5)cc4)C3)c(C)n2n1.